The van der Waals surface area contributed by atoms with Crippen LogP contribution in [-0.4, -0.2) is 30.4 Å². The summed E-state index contributed by atoms with van der Waals surface area (Å²) in [5.41, 5.74) is -0.216. The van der Waals surface area contributed by atoms with Gasteiger partial charge in [-0.2, -0.15) is 0 Å². The highest BCUT2D eigenvalue weighted by Gasteiger charge is 2.29. The summed E-state index contributed by atoms with van der Waals surface area (Å²) in [4.78, 5) is 13.2. The number of rotatable bonds is 4. The van der Waals surface area contributed by atoms with E-state index in [9.17, 15) is 18.0 Å². The number of carbonyl (C=O) groups excluding carboxylic acids is 1. The Morgan fingerprint density at radius 2 is 1.89 bits per heavy atom. The predicted molar refractivity (Wildman–Crippen MR) is 60.6 cm³/mol. The van der Waals surface area contributed by atoms with Crippen LogP contribution in [0.25, 0.3) is 0 Å². The molecule has 0 heterocycles. The molecule has 0 saturated heterocycles. The first-order valence-electron chi connectivity index (χ1n) is 5.63. The minimum atomic E-state index is -1.25. The number of hydrogen-bond donors (Lipinski definition) is 1. The van der Waals surface area contributed by atoms with Gasteiger partial charge in [0.15, 0.2) is 11.6 Å². The van der Waals surface area contributed by atoms with Crippen LogP contribution in [-0.2, 0) is 4.79 Å². The number of nitrogens with one attached hydrogen (secondary N) is 1. The molecule has 1 saturated carbocycles. The molecule has 18 heavy (non-hydrogen) atoms. The normalized spacial score (nSPS) is 14.4. The van der Waals surface area contributed by atoms with E-state index in [1.54, 1.807) is 11.9 Å². The SMILES string of the molecule is CN(C(=O)CNc1cc(F)c(F)cc1F)C1CC1. The monoisotopic (exact) mass is 258 g/mol. The second-order valence-electron chi connectivity index (χ2n) is 4.34. The summed E-state index contributed by atoms with van der Waals surface area (Å²) in [6, 6.07) is 1.41. The maximum atomic E-state index is 13.3. The van der Waals surface area contributed by atoms with Crippen LogP contribution >= 0.6 is 0 Å². The smallest absolute Gasteiger partial charge is 0.241 e. The van der Waals surface area contributed by atoms with Crippen molar-refractivity contribution < 1.29 is 18.0 Å². The summed E-state index contributed by atoms with van der Waals surface area (Å²) in [6.07, 6.45) is 1.95. The van der Waals surface area contributed by atoms with E-state index in [2.05, 4.69) is 5.32 Å². The lowest BCUT2D eigenvalue weighted by Crippen LogP contribution is -2.33. The van der Waals surface area contributed by atoms with Crippen LogP contribution in [0.1, 0.15) is 12.8 Å². The zero-order chi connectivity index (χ0) is 13.3. The van der Waals surface area contributed by atoms with Gasteiger partial charge in [0.1, 0.15) is 5.82 Å². The molecule has 0 aliphatic heterocycles. The summed E-state index contributed by atoms with van der Waals surface area (Å²) in [5.74, 6) is -3.53. The highest BCUT2D eigenvalue weighted by Crippen LogP contribution is 2.25. The quantitative estimate of drug-likeness (QED) is 0.839. The summed E-state index contributed by atoms with van der Waals surface area (Å²) in [6.45, 7) is -0.144. The molecule has 3 nitrogen and oxygen atoms in total. The molecule has 0 aromatic heterocycles. The van der Waals surface area contributed by atoms with Crippen molar-refractivity contribution in [3.05, 3.63) is 29.6 Å². The minimum Gasteiger partial charge on any atom is -0.374 e. The number of halogens is 3. The van der Waals surface area contributed by atoms with Crippen LogP contribution in [0.2, 0.25) is 0 Å². The Morgan fingerprint density at radius 3 is 2.50 bits per heavy atom. The van der Waals surface area contributed by atoms with Gasteiger partial charge in [-0.3, -0.25) is 4.79 Å². The van der Waals surface area contributed by atoms with E-state index in [1.165, 1.54) is 0 Å². The van der Waals surface area contributed by atoms with Crippen LogP contribution < -0.4 is 5.32 Å². The maximum Gasteiger partial charge on any atom is 0.241 e. The van der Waals surface area contributed by atoms with Crippen molar-refractivity contribution >= 4 is 11.6 Å². The van der Waals surface area contributed by atoms with Crippen molar-refractivity contribution in [2.24, 2.45) is 0 Å². The van der Waals surface area contributed by atoms with E-state index in [1.807, 2.05) is 0 Å². The molecule has 0 bridgehead atoms. The van der Waals surface area contributed by atoms with Gasteiger partial charge in [0.2, 0.25) is 5.91 Å². The summed E-state index contributed by atoms with van der Waals surface area (Å²) in [5, 5.41) is 2.47. The topological polar surface area (TPSA) is 32.3 Å². The zero-order valence-electron chi connectivity index (χ0n) is 9.84. The molecule has 1 aliphatic carbocycles. The zero-order valence-corrected chi connectivity index (χ0v) is 9.84. The van der Waals surface area contributed by atoms with Crippen LogP contribution in [0.5, 0.6) is 0 Å². The van der Waals surface area contributed by atoms with Gasteiger partial charge >= 0.3 is 0 Å². The van der Waals surface area contributed by atoms with Crippen molar-refractivity contribution in [2.45, 2.75) is 18.9 Å². The predicted octanol–water partition coefficient (Wildman–Crippen LogP) is 2.14. The number of likely N-dealkylation sites (N-methyl/N-ethyl adjacent to an activating group) is 1. The molecular formula is C12H13F3N2O. The summed E-state index contributed by atoms with van der Waals surface area (Å²) < 4.78 is 38.8. The number of hydrogen-bond acceptors (Lipinski definition) is 2. The lowest BCUT2D eigenvalue weighted by molar-refractivity contribution is -0.128. The molecule has 2 rings (SSSR count). The Morgan fingerprint density at radius 1 is 1.28 bits per heavy atom. The number of anilines is 1. The highest BCUT2D eigenvalue weighted by atomic mass is 19.2. The fraction of sp³-hybridized carbons (Fsp3) is 0.417. The van der Waals surface area contributed by atoms with Crippen molar-refractivity contribution in [3.63, 3.8) is 0 Å². The molecule has 1 aliphatic rings. The van der Waals surface area contributed by atoms with Crippen molar-refractivity contribution in [1.82, 2.24) is 4.90 Å². The van der Waals surface area contributed by atoms with E-state index >= 15 is 0 Å². The molecule has 0 radical (unpaired) electrons. The number of amides is 1. The Bertz CT molecular complexity index is 475. The Hall–Kier alpha value is -1.72. The van der Waals surface area contributed by atoms with Crippen LogP contribution in [0.4, 0.5) is 18.9 Å². The van der Waals surface area contributed by atoms with Gasteiger partial charge in [-0.05, 0) is 12.8 Å². The largest absolute Gasteiger partial charge is 0.374 e. The third kappa shape index (κ3) is 2.75. The number of carbonyl (C=O) groups is 1. The molecule has 6 heteroatoms. The van der Waals surface area contributed by atoms with E-state index in [4.69, 9.17) is 0 Å². The summed E-state index contributed by atoms with van der Waals surface area (Å²) in [7, 11) is 1.67. The first-order valence-corrected chi connectivity index (χ1v) is 5.63. The fourth-order valence-corrected chi connectivity index (χ4v) is 1.62. The first kappa shape index (κ1) is 12.7. The fourth-order valence-electron chi connectivity index (χ4n) is 1.62. The van der Waals surface area contributed by atoms with Crippen LogP contribution in [0.3, 0.4) is 0 Å². The summed E-state index contributed by atoms with van der Waals surface area (Å²) >= 11 is 0. The molecular weight excluding hydrogens is 245 g/mol. The van der Waals surface area contributed by atoms with Crippen LogP contribution in [0, 0.1) is 17.5 Å². The highest BCUT2D eigenvalue weighted by molar-refractivity contribution is 5.81. The van der Waals surface area contributed by atoms with E-state index < -0.39 is 17.5 Å². The molecule has 0 unspecified atom stereocenters. The average Bonchev–Trinajstić information content (AvgIpc) is 3.14. The molecule has 1 N–H and O–H groups in total. The molecule has 0 spiro atoms. The molecule has 1 fully saturated rings. The van der Waals surface area contributed by atoms with E-state index in [0.717, 1.165) is 12.8 Å². The lowest BCUT2D eigenvalue weighted by Gasteiger charge is -2.17. The van der Waals surface area contributed by atoms with Gasteiger partial charge in [0.05, 0.1) is 12.2 Å². The van der Waals surface area contributed by atoms with Gasteiger partial charge in [-0.15, -0.1) is 0 Å². The number of benzene rings is 1. The number of nitrogens with zero attached hydrogens (tertiary/aromatic N) is 1. The lowest BCUT2D eigenvalue weighted by atomic mass is 10.3. The van der Waals surface area contributed by atoms with Crippen molar-refractivity contribution in [2.75, 3.05) is 18.9 Å². The average molecular weight is 258 g/mol. The van der Waals surface area contributed by atoms with E-state index in [0.29, 0.717) is 12.1 Å². The van der Waals surface area contributed by atoms with Gasteiger partial charge in [0, 0.05) is 25.2 Å². The molecule has 1 aromatic carbocycles. The van der Waals surface area contributed by atoms with Crippen molar-refractivity contribution in [3.8, 4) is 0 Å². The van der Waals surface area contributed by atoms with Gasteiger partial charge < -0.3 is 10.2 Å². The van der Waals surface area contributed by atoms with Crippen molar-refractivity contribution in [1.29, 1.82) is 0 Å². The Kier molecular flexibility index (Phi) is 3.45. The Labute approximate surface area is 103 Å². The molecule has 1 aromatic rings. The third-order valence-corrected chi connectivity index (χ3v) is 2.93. The van der Waals surface area contributed by atoms with Gasteiger partial charge in [-0.25, -0.2) is 13.2 Å². The third-order valence-electron chi connectivity index (χ3n) is 2.93. The van der Waals surface area contributed by atoms with Gasteiger partial charge in [-0.1, -0.05) is 0 Å². The van der Waals surface area contributed by atoms with Gasteiger partial charge in [0.25, 0.3) is 0 Å². The van der Waals surface area contributed by atoms with E-state index in [-0.39, 0.29) is 24.2 Å². The molecule has 0 atom stereocenters. The first-order chi connectivity index (χ1) is 8.49. The molecule has 98 valence electrons. The molecule has 1 amide bonds. The van der Waals surface area contributed by atoms with Crippen LogP contribution in [0.15, 0.2) is 12.1 Å². The minimum absolute atomic E-state index is 0.144. The Balaban J connectivity index is 1.97. The standard InChI is InChI=1S/C12H13F3N2O/c1-17(7-2-3-7)12(18)6-16-11-5-9(14)8(13)4-10(11)15/h4-5,7,16H,2-3,6H2,1H3. The second-order valence-corrected chi connectivity index (χ2v) is 4.34. The maximum absolute atomic E-state index is 13.3. The second kappa shape index (κ2) is 4.88.